The van der Waals surface area contributed by atoms with Crippen molar-refractivity contribution in [3.8, 4) is 0 Å². The summed E-state index contributed by atoms with van der Waals surface area (Å²) in [6.07, 6.45) is 9.94. The van der Waals surface area contributed by atoms with Gasteiger partial charge in [0.1, 0.15) is 0 Å². The molecule has 1 heterocycles. The van der Waals surface area contributed by atoms with Gasteiger partial charge in [-0.1, -0.05) is 33.1 Å². The van der Waals surface area contributed by atoms with E-state index in [4.69, 9.17) is 0 Å². The largest absolute Gasteiger partial charge is 0.314 e. The van der Waals surface area contributed by atoms with Gasteiger partial charge in [0, 0.05) is 12.1 Å². The first-order valence-corrected chi connectivity index (χ1v) is 7.74. The van der Waals surface area contributed by atoms with Crippen LogP contribution in [0.2, 0.25) is 0 Å². The molecule has 2 heteroatoms. The SMILES string of the molecule is CC(C)CNC1CCCCC1C1CCCCN1. The third kappa shape index (κ3) is 3.96. The van der Waals surface area contributed by atoms with Gasteiger partial charge in [0.2, 0.25) is 0 Å². The van der Waals surface area contributed by atoms with Gasteiger partial charge >= 0.3 is 0 Å². The van der Waals surface area contributed by atoms with Crippen molar-refractivity contribution >= 4 is 0 Å². The van der Waals surface area contributed by atoms with Gasteiger partial charge in [-0.05, 0) is 50.6 Å². The number of rotatable bonds is 4. The van der Waals surface area contributed by atoms with Gasteiger partial charge in [0.15, 0.2) is 0 Å². The molecular weight excluding hydrogens is 208 g/mol. The summed E-state index contributed by atoms with van der Waals surface area (Å²) < 4.78 is 0. The maximum absolute atomic E-state index is 3.83. The molecule has 0 radical (unpaired) electrons. The summed E-state index contributed by atoms with van der Waals surface area (Å²) in [7, 11) is 0. The van der Waals surface area contributed by atoms with E-state index in [1.165, 1.54) is 58.0 Å². The lowest BCUT2D eigenvalue weighted by molar-refractivity contribution is 0.179. The fourth-order valence-electron chi connectivity index (χ4n) is 3.53. The van der Waals surface area contributed by atoms with Crippen LogP contribution in [-0.4, -0.2) is 25.2 Å². The molecule has 1 saturated carbocycles. The lowest BCUT2D eigenvalue weighted by Crippen LogP contribution is -2.51. The summed E-state index contributed by atoms with van der Waals surface area (Å²) in [5.41, 5.74) is 0. The van der Waals surface area contributed by atoms with Gasteiger partial charge in [-0.15, -0.1) is 0 Å². The van der Waals surface area contributed by atoms with Crippen LogP contribution in [0.4, 0.5) is 0 Å². The van der Waals surface area contributed by atoms with Crippen molar-refractivity contribution < 1.29 is 0 Å². The second-order valence-electron chi connectivity index (χ2n) is 6.41. The van der Waals surface area contributed by atoms with Crippen LogP contribution in [0.5, 0.6) is 0 Å². The van der Waals surface area contributed by atoms with Crippen molar-refractivity contribution in [1.82, 2.24) is 10.6 Å². The highest BCUT2D eigenvalue weighted by atomic mass is 15.0. The summed E-state index contributed by atoms with van der Waals surface area (Å²) in [6.45, 7) is 7.05. The van der Waals surface area contributed by atoms with E-state index < -0.39 is 0 Å². The van der Waals surface area contributed by atoms with Crippen molar-refractivity contribution in [2.75, 3.05) is 13.1 Å². The third-order valence-corrected chi connectivity index (χ3v) is 4.47. The molecule has 0 aromatic heterocycles. The Bertz CT molecular complexity index is 209. The fraction of sp³-hybridized carbons (Fsp3) is 1.00. The molecule has 0 bridgehead atoms. The van der Waals surface area contributed by atoms with Crippen molar-refractivity contribution in [1.29, 1.82) is 0 Å². The van der Waals surface area contributed by atoms with Crippen LogP contribution < -0.4 is 10.6 Å². The number of nitrogens with one attached hydrogen (secondary N) is 2. The minimum Gasteiger partial charge on any atom is -0.314 e. The molecule has 0 aromatic rings. The van der Waals surface area contributed by atoms with Crippen LogP contribution in [0.1, 0.15) is 58.8 Å². The molecule has 2 rings (SSSR count). The predicted octanol–water partition coefficient (Wildman–Crippen LogP) is 2.93. The van der Waals surface area contributed by atoms with E-state index in [9.17, 15) is 0 Å². The summed E-state index contributed by atoms with van der Waals surface area (Å²) in [5, 5.41) is 7.59. The number of piperidine rings is 1. The van der Waals surface area contributed by atoms with E-state index in [0.717, 1.165) is 23.9 Å². The van der Waals surface area contributed by atoms with E-state index in [-0.39, 0.29) is 0 Å². The molecule has 2 aliphatic rings. The minimum atomic E-state index is 0.775. The summed E-state index contributed by atoms with van der Waals surface area (Å²) in [4.78, 5) is 0. The molecule has 2 N–H and O–H groups in total. The number of hydrogen-bond donors (Lipinski definition) is 2. The summed E-state index contributed by atoms with van der Waals surface area (Å²) in [6, 6.07) is 1.58. The Morgan fingerprint density at radius 2 is 1.82 bits per heavy atom. The molecule has 1 saturated heterocycles. The second-order valence-corrected chi connectivity index (χ2v) is 6.41. The van der Waals surface area contributed by atoms with E-state index in [1.807, 2.05) is 0 Å². The first-order valence-electron chi connectivity index (χ1n) is 7.74. The molecule has 17 heavy (non-hydrogen) atoms. The minimum absolute atomic E-state index is 0.775. The predicted molar refractivity (Wildman–Crippen MR) is 74.2 cm³/mol. The quantitative estimate of drug-likeness (QED) is 0.787. The van der Waals surface area contributed by atoms with Crippen molar-refractivity contribution in [2.45, 2.75) is 70.9 Å². The molecule has 0 spiro atoms. The molecular formula is C15H30N2. The molecule has 100 valence electrons. The maximum atomic E-state index is 3.83. The second kappa shape index (κ2) is 6.75. The summed E-state index contributed by atoms with van der Waals surface area (Å²) in [5.74, 6) is 1.67. The highest BCUT2D eigenvalue weighted by Crippen LogP contribution is 2.30. The van der Waals surface area contributed by atoms with Crippen LogP contribution in [-0.2, 0) is 0 Å². The van der Waals surface area contributed by atoms with Crippen molar-refractivity contribution in [3.63, 3.8) is 0 Å². The lowest BCUT2D eigenvalue weighted by atomic mass is 9.77. The first kappa shape index (κ1) is 13.4. The van der Waals surface area contributed by atoms with E-state index in [0.29, 0.717) is 0 Å². The van der Waals surface area contributed by atoms with Gasteiger partial charge in [0.05, 0.1) is 0 Å². The van der Waals surface area contributed by atoms with Gasteiger partial charge in [-0.3, -0.25) is 0 Å². The normalized spacial score (nSPS) is 35.1. The Balaban J connectivity index is 1.86. The van der Waals surface area contributed by atoms with Gasteiger partial charge in [0.25, 0.3) is 0 Å². The molecule has 0 aromatic carbocycles. The Kier molecular flexibility index (Phi) is 5.30. The van der Waals surface area contributed by atoms with Crippen LogP contribution >= 0.6 is 0 Å². The molecule has 1 aliphatic heterocycles. The average molecular weight is 238 g/mol. The van der Waals surface area contributed by atoms with Crippen LogP contribution in [0.3, 0.4) is 0 Å². The van der Waals surface area contributed by atoms with Crippen LogP contribution in [0, 0.1) is 11.8 Å². The topological polar surface area (TPSA) is 24.1 Å². The molecule has 3 atom stereocenters. The summed E-state index contributed by atoms with van der Waals surface area (Å²) >= 11 is 0. The molecule has 2 nitrogen and oxygen atoms in total. The monoisotopic (exact) mass is 238 g/mol. The molecule has 2 fully saturated rings. The molecule has 0 amide bonds. The maximum Gasteiger partial charge on any atom is 0.0110 e. The third-order valence-electron chi connectivity index (χ3n) is 4.47. The fourth-order valence-corrected chi connectivity index (χ4v) is 3.53. The average Bonchev–Trinajstić information content (AvgIpc) is 2.38. The highest BCUT2D eigenvalue weighted by molar-refractivity contribution is 4.90. The Morgan fingerprint density at radius 3 is 2.53 bits per heavy atom. The van der Waals surface area contributed by atoms with Crippen molar-refractivity contribution in [3.05, 3.63) is 0 Å². The van der Waals surface area contributed by atoms with Crippen LogP contribution in [0.15, 0.2) is 0 Å². The Hall–Kier alpha value is -0.0800. The van der Waals surface area contributed by atoms with E-state index in [2.05, 4.69) is 24.5 Å². The Morgan fingerprint density at radius 1 is 1.06 bits per heavy atom. The molecule has 3 unspecified atom stereocenters. The zero-order valence-electron chi connectivity index (χ0n) is 11.7. The zero-order valence-corrected chi connectivity index (χ0v) is 11.7. The van der Waals surface area contributed by atoms with E-state index >= 15 is 0 Å². The van der Waals surface area contributed by atoms with Gasteiger partial charge < -0.3 is 10.6 Å². The molecule has 1 aliphatic carbocycles. The van der Waals surface area contributed by atoms with E-state index in [1.54, 1.807) is 0 Å². The number of hydrogen-bond acceptors (Lipinski definition) is 2. The van der Waals surface area contributed by atoms with Gasteiger partial charge in [-0.2, -0.15) is 0 Å². The lowest BCUT2D eigenvalue weighted by Gasteiger charge is -2.40. The van der Waals surface area contributed by atoms with Crippen LogP contribution in [0.25, 0.3) is 0 Å². The van der Waals surface area contributed by atoms with Crippen molar-refractivity contribution in [2.24, 2.45) is 11.8 Å². The smallest absolute Gasteiger partial charge is 0.0110 e. The zero-order chi connectivity index (χ0) is 12.1. The highest BCUT2D eigenvalue weighted by Gasteiger charge is 2.31. The Labute approximate surface area is 107 Å². The standard InChI is InChI=1S/C15H30N2/c1-12(2)11-17-15-8-4-3-7-13(15)14-9-5-6-10-16-14/h12-17H,3-11H2,1-2H3. The first-order chi connectivity index (χ1) is 8.27. The van der Waals surface area contributed by atoms with Gasteiger partial charge in [-0.25, -0.2) is 0 Å².